The highest BCUT2D eigenvalue weighted by Gasteiger charge is 2.21. The van der Waals surface area contributed by atoms with Gasteiger partial charge in [-0.2, -0.15) is 0 Å². The molecule has 1 fully saturated rings. The van der Waals surface area contributed by atoms with E-state index in [-0.39, 0.29) is 11.4 Å². The van der Waals surface area contributed by atoms with Gasteiger partial charge < -0.3 is 14.9 Å². The molecule has 28 heavy (non-hydrogen) atoms. The Morgan fingerprint density at radius 2 is 1.82 bits per heavy atom. The van der Waals surface area contributed by atoms with E-state index in [0.717, 1.165) is 37.4 Å². The summed E-state index contributed by atoms with van der Waals surface area (Å²) in [6, 6.07) is 8.80. The minimum Gasteiger partial charge on any atom is -0.483 e. The Hall–Kier alpha value is -2.98. The molecule has 1 saturated heterocycles. The summed E-state index contributed by atoms with van der Waals surface area (Å²) < 4.78 is 27.0. The largest absolute Gasteiger partial charge is 0.483 e. The molecule has 0 radical (unpaired) electrons. The second-order valence-electron chi connectivity index (χ2n) is 6.28. The van der Waals surface area contributed by atoms with Gasteiger partial charge in [0.1, 0.15) is 10.7 Å². The Bertz CT molecular complexity index is 1040. The van der Waals surface area contributed by atoms with E-state index in [9.17, 15) is 8.42 Å². The zero-order valence-corrected chi connectivity index (χ0v) is 16.2. The fraction of sp³-hybridized carbons (Fsp3) is 0.278. The first-order valence-electron chi connectivity index (χ1n) is 8.62. The summed E-state index contributed by atoms with van der Waals surface area (Å²) in [5.41, 5.74) is 0.445. The van der Waals surface area contributed by atoms with Crippen molar-refractivity contribution in [1.29, 1.82) is 0 Å². The van der Waals surface area contributed by atoms with Gasteiger partial charge in [-0.05, 0) is 37.4 Å². The molecule has 4 rings (SSSR count). The standard InChI is InChI=1S/C17H19N5O2S.CH2O2/c1-20-9-11-21(12-10-20)16-5-4-14-6-8-22(17(14)19-16)25(23,24)15-3-2-7-18-13-15;2-1-3/h2-8,13H,9-12H2,1H3;1H,(H,2,3). The fourth-order valence-electron chi connectivity index (χ4n) is 2.99. The van der Waals surface area contributed by atoms with E-state index >= 15 is 0 Å². The van der Waals surface area contributed by atoms with Crippen molar-refractivity contribution in [2.45, 2.75) is 4.90 Å². The highest BCUT2D eigenvalue weighted by molar-refractivity contribution is 7.90. The van der Waals surface area contributed by atoms with Crippen molar-refractivity contribution in [3.05, 3.63) is 48.9 Å². The number of anilines is 1. The normalized spacial score (nSPS) is 15.1. The third-order valence-corrected chi connectivity index (χ3v) is 6.16. The van der Waals surface area contributed by atoms with Crippen molar-refractivity contribution in [3.63, 3.8) is 0 Å². The molecule has 9 nitrogen and oxygen atoms in total. The molecular weight excluding hydrogens is 382 g/mol. The van der Waals surface area contributed by atoms with E-state index in [1.807, 2.05) is 12.1 Å². The number of fused-ring (bicyclic) bond motifs is 1. The summed E-state index contributed by atoms with van der Waals surface area (Å²) in [6.45, 7) is 3.44. The Kier molecular flexibility index (Phi) is 5.90. The number of carbonyl (C=O) groups is 1. The molecule has 0 saturated carbocycles. The smallest absolute Gasteiger partial charge is 0.290 e. The monoisotopic (exact) mass is 403 g/mol. The average Bonchev–Trinajstić information content (AvgIpc) is 3.14. The maximum absolute atomic E-state index is 12.9. The minimum absolute atomic E-state index is 0.152. The van der Waals surface area contributed by atoms with Crippen LogP contribution in [0.25, 0.3) is 11.0 Å². The molecule has 0 unspecified atom stereocenters. The maximum atomic E-state index is 12.9. The van der Waals surface area contributed by atoms with Crippen LogP contribution in [0, 0.1) is 0 Å². The lowest BCUT2D eigenvalue weighted by atomic mass is 10.3. The van der Waals surface area contributed by atoms with Crippen LogP contribution in [-0.4, -0.2) is 72.1 Å². The van der Waals surface area contributed by atoms with Gasteiger partial charge in [-0.3, -0.25) is 9.78 Å². The van der Waals surface area contributed by atoms with Crippen molar-refractivity contribution in [2.75, 3.05) is 38.1 Å². The lowest BCUT2D eigenvalue weighted by Gasteiger charge is -2.33. The summed E-state index contributed by atoms with van der Waals surface area (Å²) in [4.78, 5) is 21.5. The Morgan fingerprint density at radius 1 is 1.11 bits per heavy atom. The summed E-state index contributed by atoms with van der Waals surface area (Å²) in [5, 5.41) is 7.69. The van der Waals surface area contributed by atoms with E-state index in [1.54, 1.807) is 30.6 Å². The fourth-order valence-corrected chi connectivity index (χ4v) is 4.26. The lowest BCUT2D eigenvalue weighted by molar-refractivity contribution is -0.122. The molecule has 0 spiro atoms. The molecule has 1 aliphatic heterocycles. The highest BCUT2D eigenvalue weighted by atomic mass is 32.2. The topological polar surface area (TPSA) is 109 Å². The Morgan fingerprint density at radius 3 is 2.46 bits per heavy atom. The first-order valence-corrected chi connectivity index (χ1v) is 10.1. The van der Waals surface area contributed by atoms with Gasteiger partial charge in [0.05, 0.1) is 0 Å². The van der Waals surface area contributed by atoms with E-state index < -0.39 is 10.0 Å². The Balaban J connectivity index is 0.000000706. The number of aromatic nitrogens is 3. The van der Waals surface area contributed by atoms with E-state index in [0.29, 0.717) is 5.65 Å². The number of carboxylic acid groups (broad SMARTS) is 1. The van der Waals surface area contributed by atoms with Crippen molar-refractivity contribution in [1.82, 2.24) is 18.8 Å². The van der Waals surface area contributed by atoms with Gasteiger partial charge in [-0.1, -0.05) is 0 Å². The van der Waals surface area contributed by atoms with Gasteiger partial charge in [0, 0.05) is 50.2 Å². The van der Waals surface area contributed by atoms with Crippen LogP contribution in [-0.2, 0) is 14.8 Å². The van der Waals surface area contributed by atoms with Gasteiger partial charge in [-0.15, -0.1) is 0 Å². The third kappa shape index (κ3) is 3.97. The molecule has 4 heterocycles. The number of piperazine rings is 1. The van der Waals surface area contributed by atoms with E-state index in [2.05, 4.69) is 26.8 Å². The van der Waals surface area contributed by atoms with Crippen LogP contribution >= 0.6 is 0 Å². The van der Waals surface area contributed by atoms with Crippen LogP contribution in [0.2, 0.25) is 0 Å². The third-order valence-electron chi connectivity index (χ3n) is 4.51. The van der Waals surface area contributed by atoms with Gasteiger partial charge >= 0.3 is 0 Å². The maximum Gasteiger partial charge on any atom is 0.290 e. The molecule has 3 aromatic heterocycles. The molecule has 148 valence electrons. The van der Waals surface area contributed by atoms with Crippen LogP contribution in [0.5, 0.6) is 0 Å². The van der Waals surface area contributed by atoms with Crippen molar-refractivity contribution >= 4 is 33.3 Å². The molecule has 0 aliphatic carbocycles. The molecule has 3 aromatic rings. The summed E-state index contributed by atoms with van der Waals surface area (Å²) >= 11 is 0. The molecule has 0 aromatic carbocycles. The van der Waals surface area contributed by atoms with Gasteiger partial charge in [0.2, 0.25) is 0 Å². The summed E-state index contributed by atoms with van der Waals surface area (Å²) in [5.74, 6) is 0.807. The predicted octanol–water partition coefficient (Wildman–Crippen LogP) is 1.12. The van der Waals surface area contributed by atoms with Crippen molar-refractivity contribution in [2.24, 2.45) is 0 Å². The number of hydrogen-bond acceptors (Lipinski definition) is 7. The number of nitrogens with zero attached hydrogens (tertiary/aromatic N) is 5. The first kappa shape index (κ1) is 19.8. The van der Waals surface area contributed by atoms with E-state index in [1.165, 1.54) is 10.2 Å². The zero-order valence-electron chi connectivity index (χ0n) is 15.3. The number of likely N-dealkylation sites (N-methyl/N-ethyl adjacent to an activating group) is 1. The summed E-state index contributed by atoms with van der Waals surface area (Å²) in [6.07, 6.45) is 4.45. The molecule has 1 aliphatic rings. The summed E-state index contributed by atoms with van der Waals surface area (Å²) in [7, 11) is -1.62. The Labute approximate surface area is 162 Å². The SMILES string of the molecule is CN1CCN(c2ccc3ccn(S(=O)(=O)c4cccnc4)c3n2)CC1.O=CO. The molecule has 10 heteroatoms. The number of pyridine rings is 2. The quantitative estimate of drug-likeness (QED) is 0.648. The minimum atomic E-state index is -3.71. The molecule has 1 N–H and O–H groups in total. The van der Waals surface area contributed by atoms with Crippen molar-refractivity contribution < 1.29 is 18.3 Å². The molecule has 0 amide bonds. The van der Waals surface area contributed by atoms with Gasteiger partial charge in [0.15, 0.2) is 5.65 Å². The van der Waals surface area contributed by atoms with Crippen LogP contribution < -0.4 is 4.90 Å². The van der Waals surface area contributed by atoms with Gasteiger partial charge in [0.25, 0.3) is 16.5 Å². The van der Waals surface area contributed by atoms with Gasteiger partial charge in [-0.25, -0.2) is 17.4 Å². The number of hydrogen-bond donors (Lipinski definition) is 1. The molecular formula is C18H21N5O4S. The second kappa shape index (κ2) is 8.36. The lowest BCUT2D eigenvalue weighted by Crippen LogP contribution is -2.44. The first-order chi connectivity index (χ1) is 13.5. The van der Waals surface area contributed by atoms with Crippen molar-refractivity contribution in [3.8, 4) is 0 Å². The molecule has 0 bridgehead atoms. The zero-order chi connectivity index (χ0) is 20.1. The van der Waals surface area contributed by atoms with Crippen LogP contribution in [0.3, 0.4) is 0 Å². The number of rotatable bonds is 3. The molecule has 0 atom stereocenters. The van der Waals surface area contributed by atoms with Crippen LogP contribution in [0.1, 0.15) is 0 Å². The predicted molar refractivity (Wildman–Crippen MR) is 105 cm³/mol. The second-order valence-corrected chi connectivity index (χ2v) is 8.10. The average molecular weight is 403 g/mol. The highest BCUT2D eigenvalue weighted by Crippen LogP contribution is 2.23. The van der Waals surface area contributed by atoms with Crippen LogP contribution in [0.4, 0.5) is 5.82 Å². The van der Waals surface area contributed by atoms with E-state index in [4.69, 9.17) is 9.90 Å². The van der Waals surface area contributed by atoms with Crippen LogP contribution in [0.15, 0.2) is 53.8 Å².